The number of nitrogens with one attached hydrogen (secondary N) is 1. The highest BCUT2D eigenvalue weighted by atomic mass is 32.2. The van der Waals surface area contributed by atoms with Crippen LogP contribution in [0.2, 0.25) is 0 Å². The molecule has 2 heterocycles. The molecular weight excluding hydrogens is 306 g/mol. The zero-order chi connectivity index (χ0) is 14.8. The maximum Gasteiger partial charge on any atom is 0.231 e. The first kappa shape index (κ1) is 13.9. The summed E-state index contributed by atoms with van der Waals surface area (Å²) in [6.45, 7) is 2.24. The minimum absolute atomic E-state index is 0.215. The van der Waals surface area contributed by atoms with E-state index in [-0.39, 0.29) is 6.79 Å². The SMILES string of the molecule is CCSc1nc(=S)c(C#N)c(-c2ccc3c(c2)OCO3)[nH]1. The van der Waals surface area contributed by atoms with Crippen molar-refractivity contribution >= 4 is 24.0 Å². The minimum Gasteiger partial charge on any atom is -0.454 e. The molecule has 1 N–H and O–H groups in total. The summed E-state index contributed by atoms with van der Waals surface area (Å²) in [7, 11) is 0. The van der Waals surface area contributed by atoms with Gasteiger partial charge in [-0.05, 0) is 24.0 Å². The van der Waals surface area contributed by atoms with Gasteiger partial charge in [0.15, 0.2) is 16.7 Å². The first-order chi connectivity index (χ1) is 10.2. The van der Waals surface area contributed by atoms with Crippen LogP contribution in [-0.2, 0) is 0 Å². The third kappa shape index (κ3) is 2.60. The number of fused-ring (bicyclic) bond motifs is 1. The van der Waals surface area contributed by atoms with E-state index in [1.54, 1.807) is 11.8 Å². The third-order valence-corrected chi connectivity index (χ3v) is 4.00. The second-order valence-electron chi connectivity index (χ2n) is 4.21. The molecule has 0 spiro atoms. The van der Waals surface area contributed by atoms with E-state index in [9.17, 15) is 5.26 Å². The number of aromatic amines is 1. The van der Waals surface area contributed by atoms with Crippen LogP contribution in [0.15, 0.2) is 23.4 Å². The van der Waals surface area contributed by atoms with E-state index in [2.05, 4.69) is 16.0 Å². The number of ether oxygens (including phenoxy) is 2. The Bertz CT molecular complexity index is 796. The lowest BCUT2D eigenvalue weighted by atomic mass is 10.1. The largest absolute Gasteiger partial charge is 0.454 e. The molecule has 1 aliphatic heterocycles. The molecule has 0 saturated carbocycles. The summed E-state index contributed by atoms with van der Waals surface area (Å²) in [5.74, 6) is 2.23. The molecule has 2 aromatic rings. The van der Waals surface area contributed by atoms with Crippen molar-refractivity contribution in [1.82, 2.24) is 9.97 Å². The summed E-state index contributed by atoms with van der Waals surface area (Å²) < 4.78 is 11.0. The summed E-state index contributed by atoms with van der Waals surface area (Å²) >= 11 is 6.76. The second-order valence-corrected chi connectivity index (χ2v) is 5.85. The van der Waals surface area contributed by atoms with E-state index in [0.29, 0.717) is 32.6 Å². The Morgan fingerprint density at radius 3 is 3.00 bits per heavy atom. The van der Waals surface area contributed by atoms with Crippen molar-refractivity contribution in [1.29, 1.82) is 5.26 Å². The summed E-state index contributed by atoms with van der Waals surface area (Å²) in [4.78, 5) is 7.42. The van der Waals surface area contributed by atoms with Gasteiger partial charge in [-0.3, -0.25) is 0 Å². The Morgan fingerprint density at radius 1 is 1.43 bits per heavy atom. The topological polar surface area (TPSA) is 70.9 Å². The van der Waals surface area contributed by atoms with E-state index in [1.807, 2.05) is 25.1 Å². The fraction of sp³-hybridized carbons (Fsp3) is 0.214. The van der Waals surface area contributed by atoms with Gasteiger partial charge in [0.1, 0.15) is 16.3 Å². The van der Waals surface area contributed by atoms with Gasteiger partial charge >= 0.3 is 0 Å². The van der Waals surface area contributed by atoms with Crippen LogP contribution in [0.3, 0.4) is 0 Å². The molecule has 3 rings (SSSR count). The zero-order valence-corrected chi connectivity index (χ0v) is 12.8. The molecular formula is C14H11N3O2S2. The molecule has 0 radical (unpaired) electrons. The van der Waals surface area contributed by atoms with Crippen LogP contribution >= 0.6 is 24.0 Å². The molecule has 1 aliphatic rings. The lowest BCUT2D eigenvalue weighted by Crippen LogP contribution is -1.97. The van der Waals surface area contributed by atoms with E-state index < -0.39 is 0 Å². The molecule has 5 nitrogen and oxygen atoms in total. The predicted octanol–water partition coefficient (Wildman–Crippen LogP) is 3.52. The molecule has 0 aliphatic carbocycles. The van der Waals surface area contributed by atoms with E-state index >= 15 is 0 Å². The highest BCUT2D eigenvalue weighted by Crippen LogP contribution is 2.36. The van der Waals surface area contributed by atoms with Crippen molar-refractivity contribution in [3.05, 3.63) is 28.4 Å². The number of nitrogens with zero attached hydrogens (tertiary/aromatic N) is 2. The number of hydrogen-bond acceptors (Lipinski definition) is 6. The first-order valence-electron chi connectivity index (χ1n) is 6.30. The predicted molar refractivity (Wildman–Crippen MR) is 82.1 cm³/mol. The quantitative estimate of drug-likeness (QED) is 0.530. The van der Waals surface area contributed by atoms with Crippen molar-refractivity contribution in [3.63, 3.8) is 0 Å². The van der Waals surface area contributed by atoms with Crippen LogP contribution in [0.25, 0.3) is 11.3 Å². The molecule has 0 saturated heterocycles. The maximum atomic E-state index is 9.34. The number of benzene rings is 1. The van der Waals surface area contributed by atoms with Crippen LogP contribution in [-0.4, -0.2) is 22.5 Å². The third-order valence-electron chi connectivity index (χ3n) is 2.95. The summed E-state index contributed by atoms with van der Waals surface area (Å²) in [5.41, 5.74) is 1.85. The van der Waals surface area contributed by atoms with E-state index in [1.165, 1.54) is 0 Å². The lowest BCUT2D eigenvalue weighted by molar-refractivity contribution is 0.174. The normalized spacial score (nSPS) is 12.2. The Hall–Kier alpha value is -2.04. The van der Waals surface area contributed by atoms with E-state index in [4.69, 9.17) is 21.7 Å². The Balaban J connectivity index is 2.16. The van der Waals surface area contributed by atoms with Crippen LogP contribution in [0.4, 0.5) is 0 Å². The molecule has 0 bridgehead atoms. The van der Waals surface area contributed by atoms with Crippen molar-refractivity contribution in [3.8, 4) is 28.8 Å². The monoisotopic (exact) mass is 317 g/mol. The van der Waals surface area contributed by atoms with Crippen LogP contribution in [0.1, 0.15) is 12.5 Å². The molecule has 0 amide bonds. The van der Waals surface area contributed by atoms with Gasteiger partial charge in [-0.2, -0.15) is 5.26 Å². The Labute approximate surface area is 130 Å². The number of aromatic nitrogens is 2. The van der Waals surface area contributed by atoms with Crippen molar-refractivity contribution in [2.45, 2.75) is 12.1 Å². The van der Waals surface area contributed by atoms with Crippen LogP contribution < -0.4 is 9.47 Å². The Kier molecular flexibility index (Phi) is 3.82. The van der Waals surface area contributed by atoms with Gasteiger partial charge in [-0.25, -0.2) is 4.98 Å². The van der Waals surface area contributed by atoms with Crippen molar-refractivity contribution in [2.24, 2.45) is 0 Å². The second kappa shape index (κ2) is 5.76. The highest BCUT2D eigenvalue weighted by Gasteiger charge is 2.17. The van der Waals surface area contributed by atoms with Gasteiger partial charge < -0.3 is 14.5 Å². The van der Waals surface area contributed by atoms with Crippen LogP contribution in [0, 0.1) is 16.0 Å². The molecule has 0 unspecified atom stereocenters. The molecule has 1 aromatic heterocycles. The Morgan fingerprint density at radius 2 is 2.24 bits per heavy atom. The molecule has 7 heteroatoms. The van der Waals surface area contributed by atoms with Crippen molar-refractivity contribution < 1.29 is 9.47 Å². The number of hydrogen-bond donors (Lipinski definition) is 1. The van der Waals surface area contributed by atoms with Crippen LogP contribution in [0.5, 0.6) is 11.5 Å². The smallest absolute Gasteiger partial charge is 0.231 e. The molecule has 1 aromatic carbocycles. The summed E-state index contributed by atoms with van der Waals surface area (Å²) in [5, 5.41) is 10.0. The maximum absolute atomic E-state index is 9.34. The molecule has 0 atom stereocenters. The van der Waals surface area contributed by atoms with E-state index in [0.717, 1.165) is 11.3 Å². The van der Waals surface area contributed by atoms with Gasteiger partial charge in [-0.1, -0.05) is 30.9 Å². The molecule has 106 valence electrons. The van der Waals surface area contributed by atoms with Gasteiger partial charge in [-0.15, -0.1) is 0 Å². The fourth-order valence-electron chi connectivity index (χ4n) is 2.03. The standard InChI is InChI=1S/C14H11N3O2S2/c1-2-21-14-16-12(9(6-15)13(20)17-14)8-3-4-10-11(5-8)19-7-18-10/h3-5H,2,7H2,1H3,(H,16,17,20). The number of thioether (sulfide) groups is 1. The lowest BCUT2D eigenvalue weighted by Gasteiger charge is -2.08. The van der Waals surface area contributed by atoms with Gasteiger partial charge in [0.2, 0.25) is 6.79 Å². The fourth-order valence-corrected chi connectivity index (χ4v) is 2.93. The van der Waals surface area contributed by atoms with Gasteiger partial charge in [0.25, 0.3) is 0 Å². The average molecular weight is 317 g/mol. The zero-order valence-electron chi connectivity index (χ0n) is 11.2. The minimum atomic E-state index is 0.215. The number of nitriles is 1. The highest BCUT2D eigenvalue weighted by molar-refractivity contribution is 7.99. The molecule has 0 fully saturated rings. The number of rotatable bonds is 3. The summed E-state index contributed by atoms with van der Waals surface area (Å²) in [6.07, 6.45) is 0. The van der Waals surface area contributed by atoms with Crippen molar-refractivity contribution in [2.75, 3.05) is 12.5 Å². The van der Waals surface area contributed by atoms with Gasteiger partial charge in [0, 0.05) is 5.56 Å². The molecule has 21 heavy (non-hydrogen) atoms. The number of H-pyrrole nitrogens is 1. The van der Waals surface area contributed by atoms with Gasteiger partial charge in [0.05, 0.1) is 5.69 Å². The summed E-state index contributed by atoms with van der Waals surface area (Å²) in [6, 6.07) is 7.65. The first-order valence-corrected chi connectivity index (χ1v) is 7.69. The average Bonchev–Trinajstić information content (AvgIpc) is 2.94.